The number of aromatic nitrogens is 3. The minimum Gasteiger partial charge on any atom is -0.365 e. The molecule has 0 spiro atoms. The molecule has 0 saturated carbocycles. The van der Waals surface area contributed by atoms with Gasteiger partial charge in [-0.05, 0) is 29.8 Å². The lowest BCUT2D eigenvalue weighted by atomic mass is 10.2. The van der Waals surface area contributed by atoms with Crippen LogP contribution in [0.2, 0.25) is 5.02 Å². The van der Waals surface area contributed by atoms with Crippen molar-refractivity contribution in [2.75, 3.05) is 10.6 Å². The first-order valence-electron chi connectivity index (χ1n) is 7.00. The fraction of sp³-hybridized carbons (Fsp3) is 0.0625. The molecule has 122 valence electrons. The van der Waals surface area contributed by atoms with Gasteiger partial charge in [0.1, 0.15) is 11.6 Å². The van der Waals surface area contributed by atoms with Crippen LogP contribution in [0.5, 0.6) is 0 Å². The van der Waals surface area contributed by atoms with Crippen molar-refractivity contribution in [3.8, 4) is 0 Å². The number of hydrogen-bond donors (Lipinski definition) is 2. The van der Waals surface area contributed by atoms with E-state index in [-0.39, 0.29) is 11.6 Å². The second-order valence-corrected chi connectivity index (χ2v) is 5.33. The standard InChI is InChI=1S/C16H12ClF2N5/c17-11-3-1-10(2-4-11)8-20-15-9-21-24-16(23-15)22-14-6-5-12(18)7-13(14)19/h1-7,9H,8H2,(H2,20,22,23,24). The van der Waals surface area contributed by atoms with Gasteiger partial charge in [0.05, 0.1) is 11.9 Å². The van der Waals surface area contributed by atoms with Gasteiger partial charge in [-0.15, -0.1) is 5.10 Å². The first-order valence-corrected chi connectivity index (χ1v) is 7.38. The molecule has 3 rings (SSSR count). The molecule has 24 heavy (non-hydrogen) atoms. The third kappa shape index (κ3) is 4.14. The predicted octanol–water partition coefficient (Wildman–Crippen LogP) is 4.16. The lowest BCUT2D eigenvalue weighted by Crippen LogP contribution is -2.06. The molecule has 0 amide bonds. The number of benzene rings is 2. The van der Waals surface area contributed by atoms with E-state index in [1.54, 1.807) is 12.1 Å². The Morgan fingerprint density at radius 3 is 2.58 bits per heavy atom. The second-order valence-electron chi connectivity index (χ2n) is 4.89. The molecule has 2 N–H and O–H groups in total. The number of anilines is 3. The molecule has 1 heterocycles. The van der Waals surface area contributed by atoms with Gasteiger partial charge in [-0.3, -0.25) is 0 Å². The van der Waals surface area contributed by atoms with Crippen molar-refractivity contribution in [3.05, 3.63) is 70.9 Å². The van der Waals surface area contributed by atoms with Crippen LogP contribution in [0.1, 0.15) is 5.56 Å². The summed E-state index contributed by atoms with van der Waals surface area (Å²) in [6.07, 6.45) is 1.45. The van der Waals surface area contributed by atoms with Crippen molar-refractivity contribution in [1.82, 2.24) is 15.2 Å². The molecule has 2 aromatic carbocycles. The minimum atomic E-state index is -0.738. The summed E-state index contributed by atoms with van der Waals surface area (Å²) in [4.78, 5) is 4.18. The Kier molecular flexibility index (Phi) is 4.81. The van der Waals surface area contributed by atoms with Gasteiger partial charge >= 0.3 is 0 Å². The van der Waals surface area contributed by atoms with E-state index in [1.165, 1.54) is 12.3 Å². The Balaban J connectivity index is 1.68. The van der Waals surface area contributed by atoms with E-state index in [0.717, 1.165) is 17.7 Å². The third-order valence-corrected chi connectivity index (χ3v) is 3.38. The van der Waals surface area contributed by atoms with E-state index in [9.17, 15) is 8.78 Å². The van der Waals surface area contributed by atoms with Gasteiger partial charge in [0.2, 0.25) is 5.95 Å². The van der Waals surface area contributed by atoms with Gasteiger partial charge in [-0.25, -0.2) is 8.78 Å². The highest BCUT2D eigenvalue weighted by atomic mass is 35.5. The van der Waals surface area contributed by atoms with E-state index < -0.39 is 11.6 Å². The average Bonchev–Trinajstić information content (AvgIpc) is 2.57. The summed E-state index contributed by atoms with van der Waals surface area (Å²) in [5.74, 6) is -0.833. The van der Waals surface area contributed by atoms with Gasteiger partial charge in [-0.1, -0.05) is 23.7 Å². The molecule has 1 aromatic heterocycles. The molecular formula is C16H12ClF2N5. The monoisotopic (exact) mass is 347 g/mol. The molecule has 0 radical (unpaired) electrons. The maximum Gasteiger partial charge on any atom is 0.249 e. The molecule has 0 aliphatic rings. The van der Waals surface area contributed by atoms with E-state index in [1.807, 2.05) is 12.1 Å². The lowest BCUT2D eigenvalue weighted by Gasteiger charge is -2.08. The topological polar surface area (TPSA) is 62.7 Å². The molecule has 3 aromatic rings. The van der Waals surface area contributed by atoms with Gasteiger partial charge in [0, 0.05) is 17.6 Å². The quantitative estimate of drug-likeness (QED) is 0.725. The molecule has 0 fully saturated rings. The van der Waals surface area contributed by atoms with Crippen molar-refractivity contribution in [3.63, 3.8) is 0 Å². The molecule has 0 aliphatic heterocycles. The summed E-state index contributed by atoms with van der Waals surface area (Å²) in [5.41, 5.74) is 1.07. The molecule has 5 nitrogen and oxygen atoms in total. The maximum atomic E-state index is 13.6. The van der Waals surface area contributed by atoms with Gasteiger partial charge in [0.15, 0.2) is 5.82 Å². The van der Waals surface area contributed by atoms with Crippen LogP contribution in [0.15, 0.2) is 48.7 Å². The smallest absolute Gasteiger partial charge is 0.249 e. The molecule has 0 saturated heterocycles. The summed E-state index contributed by atoms with van der Waals surface area (Å²) in [5, 5.41) is 14.0. The van der Waals surface area contributed by atoms with Gasteiger partial charge < -0.3 is 10.6 Å². The van der Waals surface area contributed by atoms with Crippen LogP contribution in [0.25, 0.3) is 0 Å². The Bertz CT molecular complexity index is 842. The summed E-state index contributed by atoms with van der Waals surface area (Å²) in [6, 6.07) is 10.5. The van der Waals surface area contributed by atoms with E-state index in [2.05, 4.69) is 25.8 Å². The lowest BCUT2D eigenvalue weighted by molar-refractivity contribution is 0.586. The third-order valence-electron chi connectivity index (χ3n) is 3.12. The first-order chi connectivity index (χ1) is 11.6. The normalized spacial score (nSPS) is 10.5. The highest BCUT2D eigenvalue weighted by Crippen LogP contribution is 2.19. The zero-order valence-electron chi connectivity index (χ0n) is 12.3. The highest BCUT2D eigenvalue weighted by molar-refractivity contribution is 6.30. The van der Waals surface area contributed by atoms with E-state index >= 15 is 0 Å². The Hall–Kier alpha value is -2.80. The Morgan fingerprint density at radius 2 is 1.83 bits per heavy atom. The number of hydrogen-bond acceptors (Lipinski definition) is 5. The fourth-order valence-corrected chi connectivity index (χ4v) is 2.07. The zero-order chi connectivity index (χ0) is 16.9. The summed E-state index contributed by atoms with van der Waals surface area (Å²) >= 11 is 5.84. The first kappa shape index (κ1) is 16.1. The van der Waals surface area contributed by atoms with Crippen LogP contribution in [0.4, 0.5) is 26.2 Å². The van der Waals surface area contributed by atoms with Crippen LogP contribution in [0, 0.1) is 11.6 Å². The van der Waals surface area contributed by atoms with Crippen LogP contribution in [-0.2, 0) is 6.54 Å². The Morgan fingerprint density at radius 1 is 1.04 bits per heavy atom. The molecule has 0 unspecified atom stereocenters. The van der Waals surface area contributed by atoms with Crippen molar-refractivity contribution in [2.45, 2.75) is 6.54 Å². The van der Waals surface area contributed by atoms with Crippen LogP contribution >= 0.6 is 11.6 Å². The fourth-order valence-electron chi connectivity index (χ4n) is 1.95. The minimum absolute atomic E-state index is 0.0630. The SMILES string of the molecule is Fc1ccc(Nc2nncc(NCc3ccc(Cl)cc3)n2)c(F)c1. The van der Waals surface area contributed by atoms with Crippen LogP contribution < -0.4 is 10.6 Å². The van der Waals surface area contributed by atoms with Gasteiger partial charge in [-0.2, -0.15) is 10.1 Å². The number of halogens is 3. The molecule has 0 atom stereocenters. The zero-order valence-corrected chi connectivity index (χ0v) is 13.1. The molecular weight excluding hydrogens is 336 g/mol. The summed E-state index contributed by atoms with van der Waals surface area (Å²) in [7, 11) is 0. The van der Waals surface area contributed by atoms with Crippen molar-refractivity contribution in [2.24, 2.45) is 0 Å². The number of nitrogens with zero attached hydrogens (tertiary/aromatic N) is 3. The van der Waals surface area contributed by atoms with Gasteiger partial charge in [0.25, 0.3) is 0 Å². The predicted molar refractivity (Wildman–Crippen MR) is 88.2 cm³/mol. The second kappa shape index (κ2) is 7.18. The molecule has 0 aliphatic carbocycles. The molecule has 8 heteroatoms. The van der Waals surface area contributed by atoms with E-state index in [0.29, 0.717) is 17.4 Å². The highest BCUT2D eigenvalue weighted by Gasteiger charge is 2.07. The average molecular weight is 348 g/mol. The van der Waals surface area contributed by atoms with Crippen molar-refractivity contribution < 1.29 is 8.78 Å². The summed E-state index contributed by atoms with van der Waals surface area (Å²) < 4.78 is 26.5. The van der Waals surface area contributed by atoms with Crippen LogP contribution in [-0.4, -0.2) is 15.2 Å². The maximum absolute atomic E-state index is 13.6. The largest absolute Gasteiger partial charge is 0.365 e. The van der Waals surface area contributed by atoms with Crippen LogP contribution in [0.3, 0.4) is 0 Å². The summed E-state index contributed by atoms with van der Waals surface area (Å²) in [6.45, 7) is 0.514. The van der Waals surface area contributed by atoms with Crippen molar-refractivity contribution in [1.29, 1.82) is 0 Å². The van der Waals surface area contributed by atoms with E-state index in [4.69, 9.17) is 11.6 Å². The number of nitrogens with one attached hydrogen (secondary N) is 2. The molecule has 0 bridgehead atoms. The number of rotatable bonds is 5. The Labute approximate surface area is 141 Å². The van der Waals surface area contributed by atoms with Crippen molar-refractivity contribution >= 4 is 29.1 Å².